The van der Waals surface area contributed by atoms with Gasteiger partial charge in [0.1, 0.15) is 5.75 Å². The van der Waals surface area contributed by atoms with E-state index in [2.05, 4.69) is 41.3 Å². The molecule has 0 bridgehead atoms. The van der Waals surface area contributed by atoms with Crippen molar-refractivity contribution >= 4 is 5.91 Å². The average Bonchev–Trinajstić information content (AvgIpc) is 3.32. The van der Waals surface area contributed by atoms with Crippen LogP contribution in [0.5, 0.6) is 5.75 Å². The Bertz CT molecular complexity index is 965. The summed E-state index contributed by atoms with van der Waals surface area (Å²) >= 11 is 0. The molecule has 2 heterocycles. The van der Waals surface area contributed by atoms with Crippen LogP contribution in [0.4, 0.5) is 0 Å². The van der Waals surface area contributed by atoms with Crippen LogP contribution in [-0.4, -0.2) is 34.1 Å². The molecule has 2 aromatic carbocycles. The van der Waals surface area contributed by atoms with Crippen molar-refractivity contribution in [2.45, 2.75) is 32.7 Å². The van der Waals surface area contributed by atoms with E-state index in [1.807, 2.05) is 36.1 Å². The van der Waals surface area contributed by atoms with E-state index in [1.165, 1.54) is 5.56 Å². The van der Waals surface area contributed by atoms with Gasteiger partial charge in [0.05, 0.1) is 12.5 Å². The fraction of sp³-hybridized carbons (Fsp3) is 0.318. The lowest BCUT2D eigenvalue weighted by Gasteiger charge is -2.16. The normalized spacial score (nSPS) is 16.6. The van der Waals surface area contributed by atoms with Crippen molar-refractivity contribution in [3.05, 3.63) is 65.5 Å². The van der Waals surface area contributed by atoms with Gasteiger partial charge in [-0.1, -0.05) is 47.1 Å². The number of nitrogens with zero attached hydrogens (tertiary/aromatic N) is 3. The number of benzene rings is 2. The van der Waals surface area contributed by atoms with Crippen LogP contribution < -0.4 is 4.74 Å². The fourth-order valence-corrected chi connectivity index (χ4v) is 3.41. The topological polar surface area (TPSA) is 68.5 Å². The van der Waals surface area contributed by atoms with Crippen LogP contribution in [0.3, 0.4) is 0 Å². The standard InChI is InChI=1S/C22H23N3O3/c1-3-27-19-6-4-5-17(11-19)21-23-22(28-24-21)18-12-20(26)25(14-18)13-16-9-7-15(2)8-10-16/h4-11,18H,3,12-14H2,1-2H3. The van der Waals surface area contributed by atoms with Crippen molar-refractivity contribution in [2.24, 2.45) is 0 Å². The highest BCUT2D eigenvalue weighted by Gasteiger charge is 2.34. The number of ether oxygens (including phenoxy) is 1. The molecule has 1 unspecified atom stereocenters. The van der Waals surface area contributed by atoms with Crippen LogP contribution in [0.1, 0.15) is 36.3 Å². The van der Waals surface area contributed by atoms with Gasteiger partial charge in [-0.2, -0.15) is 4.98 Å². The van der Waals surface area contributed by atoms with Crippen molar-refractivity contribution in [1.29, 1.82) is 0 Å². The van der Waals surface area contributed by atoms with Crippen molar-refractivity contribution in [1.82, 2.24) is 15.0 Å². The smallest absolute Gasteiger partial charge is 0.232 e. The summed E-state index contributed by atoms with van der Waals surface area (Å²) in [5, 5.41) is 4.10. The van der Waals surface area contributed by atoms with E-state index in [9.17, 15) is 4.79 Å². The van der Waals surface area contributed by atoms with Gasteiger partial charge in [0.25, 0.3) is 0 Å². The zero-order chi connectivity index (χ0) is 19.5. The van der Waals surface area contributed by atoms with Crippen LogP contribution in [0.15, 0.2) is 53.1 Å². The summed E-state index contributed by atoms with van der Waals surface area (Å²) in [6.45, 7) is 5.79. The molecule has 0 N–H and O–H groups in total. The number of amides is 1. The molecule has 1 fully saturated rings. The summed E-state index contributed by atoms with van der Waals surface area (Å²) < 4.78 is 11.0. The van der Waals surface area contributed by atoms with E-state index in [-0.39, 0.29) is 11.8 Å². The maximum absolute atomic E-state index is 12.4. The van der Waals surface area contributed by atoms with E-state index in [1.54, 1.807) is 0 Å². The highest BCUT2D eigenvalue weighted by atomic mass is 16.5. The Hall–Kier alpha value is -3.15. The summed E-state index contributed by atoms with van der Waals surface area (Å²) in [7, 11) is 0. The van der Waals surface area contributed by atoms with E-state index in [0.717, 1.165) is 16.9 Å². The molecule has 0 aliphatic carbocycles. The average molecular weight is 377 g/mol. The predicted octanol–water partition coefficient (Wildman–Crippen LogP) is 3.96. The van der Waals surface area contributed by atoms with Crippen LogP contribution in [0, 0.1) is 6.92 Å². The molecule has 3 aromatic rings. The van der Waals surface area contributed by atoms with Gasteiger partial charge in [-0.25, -0.2) is 0 Å². The number of carbonyl (C=O) groups is 1. The molecule has 6 nitrogen and oxygen atoms in total. The lowest BCUT2D eigenvalue weighted by atomic mass is 10.1. The number of carbonyl (C=O) groups excluding carboxylic acids is 1. The maximum Gasteiger partial charge on any atom is 0.232 e. The Labute approximate surface area is 164 Å². The number of likely N-dealkylation sites (tertiary alicyclic amines) is 1. The second-order valence-corrected chi connectivity index (χ2v) is 7.08. The first-order valence-electron chi connectivity index (χ1n) is 9.52. The molecule has 1 aliphatic heterocycles. The molecule has 6 heteroatoms. The quantitative estimate of drug-likeness (QED) is 0.650. The predicted molar refractivity (Wildman–Crippen MR) is 105 cm³/mol. The Kier molecular flexibility index (Phi) is 5.10. The Morgan fingerprint density at radius 1 is 1.21 bits per heavy atom. The Morgan fingerprint density at radius 2 is 2.04 bits per heavy atom. The van der Waals surface area contributed by atoms with E-state index >= 15 is 0 Å². The van der Waals surface area contributed by atoms with Crippen molar-refractivity contribution < 1.29 is 14.1 Å². The summed E-state index contributed by atoms with van der Waals surface area (Å²) in [6.07, 6.45) is 0.395. The minimum Gasteiger partial charge on any atom is -0.494 e. The first kappa shape index (κ1) is 18.2. The van der Waals surface area contributed by atoms with Gasteiger partial charge in [-0.15, -0.1) is 0 Å². The van der Waals surface area contributed by atoms with Crippen molar-refractivity contribution in [3.8, 4) is 17.1 Å². The molecule has 1 aliphatic rings. The highest BCUT2D eigenvalue weighted by Crippen LogP contribution is 2.30. The molecule has 4 rings (SSSR count). The first-order chi connectivity index (χ1) is 13.6. The summed E-state index contributed by atoms with van der Waals surface area (Å²) in [5.41, 5.74) is 3.17. The van der Waals surface area contributed by atoms with Crippen LogP contribution in [0.25, 0.3) is 11.4 Å². The second kappa shape index (κ2) is 7.84. The number of aryl methyl sites for hydroxylation is 1. The van der Waals surface area contributed by atoms with E-state index < -0.39 is 0 Å². The third-order valence-electron chi connectivity index (χ3n) is 4.90. The third-order valence-corrected chi connectivity index (χ3v) is 4.90. The van der Waals surface area contributed by atoms with Crippen molar-refractivity contribution in [2.75, 3.05) is 13.2 Å². The zero-order valence-electron chi connectivity index (χ0n) is 16.1. The van der Waals surface area contributed by atoms with E-state index in [4.69, 9.17) is 9.26 Å². The third kappa shape index (κ3) is 3.91. The van der Waals surface area contributed by atoms with Crippen LogP contribution in [-0.2, 0) is 11.3 Å². The van der Waals surface area contributed by atoms with Gasteiger partial charge in [0, 0.05) is 25.1 Å². The number of rotatable bonds is 6. The molecule has 28 heavy (non-hydrogen) atoms. The monoisotopic (exact) mass is 377 g/mol. The van der Waals surface area contributed by atoms with Gasteiger partial charge in [-0.05, 0) is 31.5 Å². The zero-order valence-corrected chi connectivity index (χ0v) is 16.1. The molecule has 1 aromatic heterocycles. The molecule has 0 spiro atoms. The minimum atomic E-state index is -0.0747. The fourth-order valence-electron chi connectivity index (χ4n) is 3.41. The van der Waals surface area contributed by atoms with Gasteiger partial charge in [0.2, 0.25) is 17.6 Å². The van der Waals surface area contributed by atoms with Crippen LogP contribution in [0.2, 0.25) is 0 Å². The molecule has 1 saturated heterocycles. The van der Waals surface area contributed by atoms with Gasteiger partial charge in [0.15, 0.2) is 0 Å². The summed E-state index contributed by atoms with van der Waals surface area (Å²) in [4.78, 5) is 18.8. The molecule has 0 radical (unpaired) electrons. The lowest BCUT2D eigenvalue weighted by Crippen LogP contribution is -2.24. The summed E-state index contributed by atoms with van der Waals surface area (Å²) in [6, 6.07) is 15.9. The maximum atomic E-state index is 12.4. The molecule has 144 valence electrons. The largest absolute Gasteiger partial charge is 0.494 e. The van der Waals surface area contributed by atoms with Gasteiger partial charge < -0.3 is 14.2 Å². The second-order valence-electron chi connectivity index (χ2n) is 7.08. The van der Waals surface area contributed by atoms with Gasteiger partial charge in [-0.3, -0.25) is 4.79 Å². The number of hydrogen-bond acceptors (Lipinski definition) is 5. The van der Waals surface area contributed by atoms with Crippen molar-refractivity contribution in [3.63, 3.8) is 0 Å². The minimum absolute atomic E-state index is 0.0747. The molecule has 1 amide bonds. The molecule has 1 atom stereocenters. The first-order valence-corrected chi connectivity index (χ1v) is 9.52. The number of aromatic nitrogens is 2. The van der Waals surface area contributed by atoms with Gasteiger partial charge >= 0.3 is 0 Å². The Morgan fingerprint density at radius 3 is 2.82 bits per heavy atom. The highest BCUT2D eigenvalue weighted by molar-refractivity contribution is 5.79. The van der Waals surface area contributed by atoms with E-state index in [0.29, 0.717) is 37.8 Å². The number of hydrogen-bond donors (Lipinski definition) is 0. The Balaban J connectivity index is 1.46. The lowest BCUT2D eigenvalue weighted by molar-refractivity contribution is -0.128. The summed E-state index contributed by atoms with van der Waals surface area (Å²) in [5.74, 6) is 1.84. The molecule has 0 saturated carbocycles. The molecular weight excluding hydrogens is 354 g/mol. The van der Waals surface area contributed by atoms with Crippen LogP contribution >= 0.6 is 0 Å². The SMILES string of the molecule is CCOc1cccc(-c2noc(C3CC(=O)N(Cc4ccc(C)cc4)C3)n2)c1. The molecular formula is C22H23N3O3.